The summed E-state index contributed by atoms with van der Waals surface area (Å²) in [4.78, 5) is 27.5. The molecule has 4 rings (SSSR count). The fourth-order valence-corrected chi connectivity index (χ4v) is 3.85. The molecule has 1 aliphatic rings. The summed E-state index contributed by atoms with van der Waals surface area (Å²) >= 11 is 3.35. The molecule has 0 radical (unpaired) electrons. The second-order valence-electron chi connectivity index (χ2n) is 6.98. The standard InChI is InChI=1S/C23H20BrN3O3/c24-17-10-11-19(18(25)13-17)26-22(28)21-12-16-8-4-5-9-20(16)27(21)23(29)30-14-15-6-2-1-3-7-15/h1-11,13,21H,12,14,25H2,(H,26,28)/t21-/m0/s1. The summed E-state index contributed by atoms with van der Waals surface area (Å²) < 4.78 is 6.33. The number of nitrogens with zero attached hydrogens (tertiary/aromatic N) is 1. The van der Waals surface area contributed by atoms with Gasteiger partial charge in [-0.25, -0.2) is 4.79 Å². The van der Waals surface area contributed by atoms with E-state index in [9.17, 15) is 9.59 Å². The molecule has 6 nitrogen and oxygen atoms in total. The van der Waals surface area contributed by atoms with Crippen molar-refractivity contribution in [1.82, 2.24) is 0 Å². The van der Waals surface area contributed by atoms with Gasteiger partial charge in [-0.3, -0.25) is 9.69 Å². The number of amides is 2. The van der Waals surface area contributed by atoms with Crippen LogP contribution in [0, 0.1) is 0 Å². The van der Waals surface area contributed by atoms with Crippen LogP contribution in [0.5, 0.6) is 0 Å². The van der Waals surface area contributed by atoms with E-state index in [2.05, 4.69) is 21.2 Å². The predicted octanol–water partition coefficient (Wildman–Crippen LogP) is 4.74. The molecular formula is C23H20BrN3O3. The van der Waals surface area contributed by atoms with Gasteiger partial charge in [-0.15, -0.1) is 0 Å². The van der Waals surface area contributed by atoms with Crippen molar-refractivity contribution in [3.05, 3.63) is 88.4 Å². The van der Waals surface area contributed by atoms with E-state index < -0.39 is 12.1 Å². The molecule has 1 atom stereocenters. The number of ether oxygens (including phenoxy) is 1. The zero-order chi connectivity index (χ0) is 21.1. The van der Waals surface area contributed by atoms with Gasteiger partial charge in [-0.1, -0.05) is 64.5 Å². The van der Waals surface area contributed by atoms with E-state index in [4.69, 9.17) is 10.5 Å². The van der Waals surface area contributed by atoms with Gasteiger partial charge in [0.2, 0.25) is 5.91 Å². The number of hydrogen-bond donors (Lipinski definition) is 2. The molecule has 0 spiro atoms. The highest BCUT2D eigenvalue weighted by Crippen LogP contribution is 2.34. The Bertz CT molecular complexity index is 1090. The first-order chi connectivity index (χ1) is 14.5. The molecule has 0 saturated heterocycles. The lowest BCUT2D eigenvalue weighted by Gasteiger charge is -2.24. The molecular weight excluding hydrogens is 446 g/mol. The highest BCUT2D eigenvalue weighted by Gasteiger charge is 2.39. The minimum absolute atomic E-state index is 0.131. The topological polar surface area (TPSA) is 84.7 Å². The fraction of sp³-hybridized carbons (Fsp3) is 0.130. The Morgan fingerprint density at radius 1 is 1.07 bits per heavy atom. The number of halogens is 1. The molecule has 0 aliphatic carbocycles. The molecule has 3 aromatic carbocycles. The minimum atomic E-state index is -0.728. The second-order valence-corrected chi connectivity index (χ2v) is 7.90. The fourth-order valence-electron chi connectivity index (χ4n) is 3.47. The summed E-state index contributed by atoms with van der Waals surface area (Å²) in [5.74, 6) is -0.322. The van der Waals surface area contributed by atoms with Crippen molar-refractivity contribution in [3.63, 3.8) is 0 Å². The second kappa shape index (κ2) is 8.59. The largest absolute Gasteiger partial charge is 0.444 e. The van der Waals surface area contributed by atoms with Crippen LogP contribution in [-0.2, 0) is 22.6 Å². The molecule has 0 saturated carbocycles. The van der Waals surface area contributed by atoms with Gasteiger partial charge in [0.25, 0.3) is 0 Å². The van der Waals surface area contributed by atoms with E-state index in [1.54, 1.807) is 18.2 Å². The highest BCUT2D eigenvalue weighted by atomic mass is 79.9. The van der Waals surface area contributed by atoms with Crippen LogP contribution in [0.3, 0.4) is 0 Å². The Balaban J connectivity index is 1.55. The van der Waals surface area contributed by atoms with Crippen molar-refractivity contribution < 1.29 is 14.3 Å². The molecule has 0 aromatic heterocycles. The van der Waals surface area contributed by atoms with Gasteiger partial charge in [0, 0.05) is 10.9 Å². The maximum absolute atomic E-state index is 13.1. The summed E-state index contributed by atoms with van der Waals surface area (Å²) in [6.07, 6.45) is -0.161. The first-order valence-electron chi connectivity index (χ1n) is 9.46. The van der Waals surface area contributed by atoms with E-state index >= 15 is 0 Å². The average Bonchev–Trinajstić information content (AvgIpc) is 3.14. The Hall–Kier alpha value is -3.32. The third-order valence-electron chi connectivity index (χ3n) is 4.95. The van der Waals surface area contributed by atoms with Crippen molar-refractivity contribution in [1.29, 1.82) is 0 Å². The molecule has 1 aliphatic heterocycles. The Morgan fingerprint density at radius 2 is 1.80 bits per heavy atom. The van der Waals surface area contributed by atoms with Gasteiger partial charge >= 0.3 is 6.09 Å². The third-order valence-corrected chi connectivity index (χ3v) is 5.45. The highest BCUT2D eigenvalue weighted by molar-refractivity contribution is 9.10. The van der Waals surface area contributed by atoms with Gasteiger partial charge < -0.3 is 15.8 Å². The monoisotopic (exact) mass is 465 g/mol. The molecule has 1 heterocycles. The van der Waals surface area contributed by atoms with Crippen molar-refractivity contribution in [2.75, 3.05) is 16.0 Å². The smallest absolute Gasteiger partial charge is 0.415 e. The normalized spacial score (nSPS) is 14.8. The van der Waals surface area contributed by atoms with Gasteiger partial charge in [-0.05, 0) is 35.4 Å². The third kappa shape index (κ3) is 4.16. The van der Waals surface area contributed by atoms with Crippen LogP contribution in [0.15, 0.2) is 77.3 Å². The molecule has 3 N–H and O–H groups in total. The lowest BCUT2D eigenvalue weighted by Crippen LogP contribution is -2.45. The quantitative estimate of drug-likeness (QED) is 0.545. The SMILES string of the molecule is Nc1cc(Br)ccc1NC(=O)[C@@H]1Cc2ccccc2N1C(=O)OCc1ccccc1. The Kier molecular flexibility index (Phi) is 5.72. The number of nitrogens with two attached hydrogens (primary N) is 1. The molecule has 3 aromatic rings. The Morgan fingerprint density at radius 3 is 2.57 bits per heavy atom. The zero-order valence-corrected chi connectivity index (χ0v) is 17.6. The summed E-state index contributed by atoms with van der Waals surface area (Å²) in [6.45, 7) is 0.131. The van der Waals surface area contributed by atoms with Gasteiger partial charge in [-0.2, -0.15) is 0 Å². The molecule has 7 heteroatoms. The first kappa shape index (κ1) is 20.0. The minimum Gasteiger partial charge on any atom is -0.444 e. The van der Waals surface area contributed by atoms with Crippen LogP contribution >= 0.6 is 15.9 Å². The van der Waals surface area contributed by atoms with Crippen LogP contribution in [0.1, 0.15) is 11.1 Å². The number of hydrogen-bond acceptors (Lipinski definition) is 4. The molecule has 0 unspecified atom stereocenters. The molecule has 152 valence electrons. The number of carbonyl (C=O) groups excluding carboxylic acids is 2. The summed E-state index contributed by atoms with van der Waals surface area (Å²) in [7, 11) is 0. The first-order valence-corrected chi connectivity index (χ1v) is 10.3. The maximum Gasteiger partial charge on any atom is 0.415 e. The maximum atomic E-state index is 13.1. The van der Waals surface area contributed by atoms with E-state index in [1.165, 1.54) is 4.90 Å². The van der Waals surface area contributed by atoms with Crippen LogP contribution in [-0.4, -0.2) is 18.0 Å². The predicted molar refractivity (Wildman–Crippen MR) is 120 cm³/mol. The lowest BCUT2D eigenvalue weighted by atomic mass is 10.1. The molecule has 2 amide bonds. The average molecular weight is 466 g/mol. The van der Waals surface area contributed by atoms with Crippen molar-refractivity contribution in [2.24, 2.45) is 0 Å². The lowest BCUT2D eigenvalue weighted by molar-refractivity contribution is -0.117. The summed E-state index contributed by atoms with van der Waals surface area (Å²) in [5, 5.41) is 2.84. The number of carbonyl (C=O) groups is 2. The zero-order valence-electron chi connectivity index (χ0n) is 16.0. The van der Waals surface area contributed by atoms with E-state index in [-0.39, 0.29) is 12.5 Å². The van der Waals surface area contributed by atoms with Gasteiger partial charge in [0.05, 0.1) is 17.1 Å². The number of rotatable bonds is 4. The van der Waals surface area contributed by atoms with Crippen LogP contribution in [0.25, 0.3) is 0 Å². The van der Waals surface area contributed by atoms with Crippen molar-refractivity contribution in [2.45, 2.75) is 19.1 Å². The summed E-state index contributed by atoms with van der Waals surface area (Å²) in [5.41, 5.74) is 9.41. The van der Waals surface area contributed by atoms with Crippen molar-refractivity contribution >= 4 is 45.0 Å². The molecule has 30 heavy (non-hydrogen) atoms. The number of anilines is 3. The van der Waals surface area contributed by atoms with Crippen molar-refractivity contribution in [3.8, 4) is 0 Å². The van der Waals surface area contributed by atoms with E-state index in [1.807, 2.05) is 54.6 Å². The number of fused-ring (bicyclic) bond motifs is 1. The van der Waals surface area contributed by atoms with E-state index in [0.717, 1.165) is 15.6 Å². The molecule has 0 fully saturated rings. The Labute approximate surface area is 182 Å². The number of nitrogens with one attached hydrogen (secondary N) is 1. The number of nitrogen functional groups attached to an aromatic ring is 1. The van der Waals surface area contributed by atoms with Crippen LogP contribution < -0.4 is 16.0 Å². The van der Waals surface area contributed by atoms with Gasteiger partial charge in [0.1, 0.15) is 12.6 Å². The van der Waals surface area contributed by atoms with E-state index in [0.29, 0.717) is 23.5 Å². The number of para-hydroxylation sites is 1. The number of benzene rings is 3. The molecule has 0 bridgehead atoms. The summed E-state index contributed by atoms with van der Waals surface area (Å²) in [6, 6.07) is 21.4. The van der Waals surface area contributed by atoms with Crippen LogP contribution in [0.4, 0.5) is 21.9 Å². The van der Waals surface area contributed by atoms with Crippen LogP contribution in [0.2, 0.25) is 0 Å². The van der Waals surface area contributed by atoms with Gasteiger partial charge in [0.15, 0.2) is 0 Å².